The van der Waals surface area contributed by atoms with E-state index in [0.29, 0.717) is 24.5 Å². The summed E-state index contributed by atoms with van der Waals surface area (Å²) < 4.78 is 7.85. The molecule has 0 saturated carbocycles. The summed E-state index contributed by atoms with van der Waals surface area (Å²) in [5.41, 5.74) is 2.21. The van der Waals surface area contributed by atoms with Crippen molar-refractivity contribution in [2.45, 2.75) is 11.5 Å². The van der Waals surface area contributed by atoms with Crippen LogP contribution in [0.3, 0.4) is 0 Å². The van der Waals surface area contributed by atoms with Crippen LogP contribution in [0.25, 0.3) is 5.65 Å². The molecule has 0 fully saturated rings. The predicted octanol–water partition coefficient (Wildman–Crippen LogP) is 4.44. The molecule has 0 bridgehead atoms. The number of fused-ring (bicyclic) bond motifs is 1. The SMILES string of the molecule is O=C(NCCSc1ccccc1)c1ccccc1OCc1cn2ccccc2n1. The van der Waals surface area contributed by atoms with E-state index in [1.165, 1.54) is 4.90 Å². The summed E-state index contributed by atoms with van der Waals surface area (Å²) >= 11 is 1.71. The number of para-hydroxylation sites is 1. The van der Waals surface area contributed by atoms with Crippen molar-refractivity contribution < 1.29 is 9.53 Å². The van der Waals surface area contributed by atoms with Crippen LogP contribution in [-0.4, -0.2) is 27.6 Å². The number of carbonyl (C=O) groups is 1. The molecule has 0 spiro atoms. The Balaban J connectivity index is 1.33. The quantitative estimate of drug-likeness (QED) is 0.349. The second-order valence-corrected chi connectivity index (χ2v) is 7.57. The molecule has 0 radical (unpaired) electrons. The fourth-order valence-corrected chi connectivity index (χ4v) is 3.72. The summed E-state index contributed by atoms with van der Waals surface area (Å²) in [4.78, 5) is 18.3. The largest absolute Gasteiger partial charge is 0.486 e. The molecular formula is C23H21N3O2S. The lowest BCUT2D eigenvalue weighted by atomic mass is 10.2. The number of carbonyl (C=O) groups excluding carboxylic acids is 1. The highest BCUT2D eigenvalue weighted by atomic mass is 32.2. The molecule has 4 aromatic rings. The first-order valence-electron chi connectivity index (χ1n) is 9.40. The average Bonchev–Trinajstić information content (AvgIpc) is 3.19. The van der Waals surface area contributed by atoms with Crippen molar-refractivity contribution in [2.75, 3.05) is 12.3 Å². The number of hydrogen-bond acceptors (Lipinski definition) is 4. The van der Waals surface area contributed by atoms with Gasteiger partial charge < -0.3 is 14.5 Å². The smallest absolute Gasteiger partial charge is 0.255 e. The average molecular weight is 404 g/mol. The predicted molar refractivity (Wildman–Crippen MR) is 115 cm³/mol. The maximum Gasteiger partial charge on any atom is 0.255 e. The fourth-order valence-electron chi connectivity index (χ4n) is 2.93. The number of amides is 1. The number of pyridine rings is 1. The third-order valence-corrected chi connectivity index (χ3v) is 5.33. The minimum Gasteiger partial charge on any atom is -0.486 e. The second kappa shape index (κ2) is 9.30. The molecule has 1 N–H and O–H groups in total. The number of nitrogens with one attached hydrogen (secondary N) is 1. The molecule has 5 nitrogen and oxygen atoms in total. The molecule has 29 heavy (non-hydrogen) atoms. The molecule has 0 aliphatic carbocycles. The van der Waals surface area contributed by atoms with E-state index in [0.717, 1.165) is 17.1 Å². The molecule has 1 amide bonds. The zero-order valence-electron chi connectivity index (χ0n) is 15.8. The van der Waals surface area contributed by atoms with Gasteiger partial charge in [-0.15, -0.1) is 11.8 Å². The van der Waals surface area contributed by atoms with E-state index in [9.17, 15) is 4.79 Å². The Labute approximate surface area is 173 Å². The van der Waals surface area contributed by atoms with Gasteiger partial charge in [-0.1, -0.05) is 36.4 Å². The Morgan fingerprint density at radius 3 is 2.66 bits per heavy atom. The minimum absolute atomic E-state index is 0.135. The van der Waals surface area contributed by atoms with Gasteiger partial charge in [-0.05, 0) is 36.4 Å². The zero-order chi connectivity index (χ0) is 19.9. The van der Waals surface area contributed by atoms with Crippen LogP contribution in [0.2, 0.25) is 0 Å². The minimum atomic E-state index is -0.135. The van der Waals surface area contributed by atoms with Crippen LogP contribution in [-0.2, 0) is 6.61 Å². The van der Waals surface area contributed by atoms with Crippen molar-refractivity contribution in [1.29, 1.82) is 0 Å². The summed E-state index contributed by atoms with van der Waals surface area (Å²) in [7, 11) is 0. The Kier molecular flexibility index (Phi) is 6.12. The molecule has 4 rings (SSSR count). The van der Waals surface area contributed by atoms with Gasteiger partial charge in [0, 0.05) is 29.6 Å². The lowest BCUT2D eigenvalue weighted by Gasteiger charge is -2.11. The van der Waals surface area contributed by atoms with E-state index in [1.807, 2.05) is 71.4 Å². The van der Waals surface area contributed by atoms with E-state index in [2.05, 4.69) is 22.4 Å². The van der Waals surface area contributed by atoms with Gasteiger partial charge in [-0.2, -0.15) is 0 Å². The highest BCUT2D eigenvalue weighted by Crippen LogP contribution is 2.20. The molecular weight excluding hydrogens is 382 g/mol. The van der Waals surface area contributed by atoms with Crippen LogP contribution >= 0.6 is 11.8 Å². The van der Waals surface area contributed by atoms with Gasteiger partial charge in [-0.25, -0.2) is 4.98 Å². The van der Waals surface area contributed by atoms with Gasteiger partial charge in [0.25, 0.3) is 5.91 Å². The van der Waals surface area contributed by atoms with E-state index in [1.54, 1.807) is 17.8 Å². The molecule has 2 aromatic heterocycles. The monoisotopic (exact) mass is 403 g/mol. The summed E-state index contributed by atoms with van der Waals surface area (Å²) in [6.07, 6.45) is 3.87. The molecule has 0 unspecified atom stereocenters. The molecule has 2 heterocycles. The van der Waals surface area contributed by atoms with Gasteiger partial charge in [0.1, 0.15) is 18.0 Å². The van der Waals surface area contributed by atoms with Gasteiger partial charge in [0.05, 0.1) is 11.3 Å². The van der Waals surface area contributed by atoms with Crippen LogP contribution in [0.5, 0.6) is 5.75 Å². The van der Waals surface area contributed by atoms with Crippen molar-refractivity contribution in [2.24, 2.45) is 0 Å². The summed E-state index contributed by atoms with van der Waals surface area (Å²) in [5, 5.41) is 2.97. The molecule has 0 aliphatic rings. The van der Waals surface area contributed by atoms with Crippen LogP contribution < -0.4 is 10.1 Å². The number of hydrogen-bond donors (Lipinski definition) is 1. The molecule has 2 aromatic carbocycles. The number of aromatic nitrogens is 2. The number of ether oxygens (including phenoxy) is 1. The molecule has 146 valence electrons. The van der Waals surface area contributed by atoms with E-state index in [-0.39, 0.29) is 5.91 Å². The number of nitrogens with zero attached hydrogens (tertiary/aromatic N) is 2. The zero-order valence-corrected chi connectivity index (χ0v) is 16.6. The molecule has 0 atom stereocenters. The Bertz CT molecular complexity index is 1060. The third kappa shape index (κ3) is 4.97. The van der Waals surface area contributed by atoms with Crippen LogP contribution in [0.15, 0.2) is 90.1 Å². The topological polar surface area (TPSA) is 55.6 Å². The normalized spacial score (nSPS) is 10.8. The highest BCUT2D eigenvalue weighted by molar-refractivity contribution is 7.99. The Morgan fingerprint density at radius 1 is 1.00 bits per heavy atom. The maximum absolute atomic E-state index is 12.6. The van der Waals surface area contributed by atoms with E-state index >= 15 is 0 Å². The van der Waals surface area contributed by atoms with Gasteiger partial charge >= 0.3 is 0 Å². The number of thioether (sulfide) groups is 1. The van der Waals surface area contributed by atoms with Crippen molar-refractivity contribution >= 4 is 23.3 Å². The van der Waals surface area contributed by atoms with Crippen LogP contribution in [0.4, 0.5) is 0 Å². The number of benzene rings is 2. The summed E-state index contributed by atoms with van der Waals surface area (Å²) in [5.74, 6) is 1.22. The van der Waals surface area contributed by atoms with Crippen molar-refractivity contribution in [3.63, 3.8) is 0 Å². The van der Waals surface area contributed by atoms with E-state index < -0.39 is 0 Å². The fraction of sp³-hybridized carbons (Fsp3) is 0.130. The lowest BCUT2D eigenvalue weighted by molar-refractivity contribution is 0.0951. The number of rotatable bonds is 8. The van der Waals surface area contributed by atoms with Crippen molar-refractivity contribution in [3.8, 4) is 5.75 Å². The first-order valence-corrected chi connectivity index (χ1v) is 10.4. The first kappa shape index (κ1) is 19.1. The number of imidazole rings is 1. The Morgan fingerprint density at radius 2 is 1.79 bits per heavy atom. The third-order valence-electron chi connectivity index (χ3n) is 4.32. The lowest BCUT2D eigenvalue weighted by Crippen LogP contribution is -2.26. The molecule has 6 heteroatoms. The van der Waals surface area contributed by atoms with Crippen molar-refractivity contribution in [1.82, 2.24) is 14.7 Å². The molecule has 0 saturated heterocycles. The van der Waals surface area contributed by atoms with Gasteiger partial charge in [0.2, 0.25) is 0 Å². The first-order chi connectivity index (χ1) is 14.3. The van der Waals surface area contributed by atoms with E-state index in [4.69, 9.17) is 4.74 Å². The molecule has 0 aliphatic heterocycles. The highest BCUT2D eigenvalue weighted by Gasteiger charge is 2.12. The summed E-state index contributed by atoms with van der Waals surface area (Å²) in [6.45, 7) is 0.884. The van der Waals surface area contributed by atoms with Crippen molar-refractivity contribution in [3.05, 3.63) is 96.4 Å². The van der Waals surface area contributed by atoms with Crippen LogP contribution in [0, 0.1) is 0 Å². The van der Waals surface area contributed by atoms with Crippen LogP contribution in [0.1, 0.15) is 16.1 Å². The maximum atomic E-state index is 12.6. The van der Waals surface area contributed by atoms with Gasteiger partial charge in [-0.3, -0.25) is 4.79 Å². The second-order valence-electron chi connectivity index (χ2n) is 6.40. The Hall–Kier alpha value is -3.25. The summed E-state index contributed by atoms with van der Waals surface area (Å²) in [6, 6.07) is 23.3. The van der Waals surface area contributed by atoms with Gasteiger partial charge in [0.15, 0.2) is 0 Å². The standard InChI is InChI=1S/C23H21N3O2S/c27-23(24-13-15-29-19-8-2-1-3-9-19)20-10-4-5-11-21(20)28-17-18-16-26-14-7-6-12-22(26)25-18/h1-12,14,16H,13,15,17H2,(H,24,27).